The summed E-state index contributed by atoms with van der Waals surface area (Å²) >= 11 is 3.56. The van der Waals surface area contributed by atoms with Crippen LogP contribution in [0.5, 0.6) is 0 Å². The van der Waals surface area contributed by atoms with Crippen molar-refractivity contribution in [2.24, 2.45) is 5.73 Å². The molecule has 0 aromatic heterocycles. The topological polar surface area (TPSA) is 52.3 Å². The number of nitrogens with two attached hydrogens (primary N) is 1. The molecule has 0 fully saturated rings. The van der Waals surface area contributed by atoms with E-state index in [4.69, 9.17) is 10.5 Å². The van der Waals surface area contributed by atoms with Crippen molar-refractivity contribution in [3.05, 3.63) is 33.8 Å². The number of halogens is 1. The monoisotopic (exact) mass is 297 g/mol. The Bertz CT molecular complexity index is 461. The van der Waals surface area contributed by atoms with E-state index in [2.05, 4.69) is 22.9 Å². The van der Waals surface area contributed by atoms with Crippen LogP contribution in [0.4, 0.5) is 0 Å². The first-order valence-electron chi connectivity index (χ1n) is 5.62. The first kappa shape index (κ1) is 12.6. The van der Waals surface area contributed by atoms with Crippen LogP contribution in [0.15, 0.2) is 22.7 Å². The van der Waals surface area contributed by atoms with Gasteiger partial charge in [0.25, 0.3) is 0 Å². The Hall–Kier alpha value is -0.870. The Balaban J connectivity index is 2.43. The molecular weight excluding hydrogens is 282 g/mol. The van der Waals surface area contributed by atoms with E-state index in [0.29, 0.717) is 12.8 Å². The zero-order valence-electron chi connectivity index (χ0n) is 10.00. The van der Waals surface area contributed by atoms with Crippen LogP contribution in [0.2, 0.25) is 0 Å². The fourth-order valence-corrected chi connectivity index (χ4v) is 3.50. The maximum atomic E-state index is 11.8. The van der Waals surface area contributed by atoms with E-state index in [0.717, 1.165) is 10.0 Å². The van der Waals surface area contributed by atoms with E-state index in [1.54, 1.807) is 0 Å². The molecule has 3 nitrogen and oxygen atoms in total. The highest BCUT2D eigenvalue weighted by molar-refractivity contribution is 9.10. The summed E-state index contributed by atoms with van der Waals surface area (Å²) in [6.07, 6.45) is 1.16. The van der Waals surface area contributed by atoms with Gasteiger partial charge in [-0.1, -0.05) is 35.0 Å². The van der Waals surface area contributed by atoms with E-state index in [9.17, 15) is 4.79 Å². The molecule has 1 aromatic carbocycles. The molecule has 1 aromatic rings. The van der Waals surface area contributed by atoms with Gasteiger partial charge in [0.15, 0.2) is 0 Å². The summed E-state index contributed by atoms with van der Waals surface area (Å²) in [7, 11) is 1.39. The Morgan fingerprint density at radius 2 is 2.29 bits per heavy atom. The molecule has 92 valence electrons. The van der Waals surface area contributed by atoms with Crippen molar-refractivity contribution in [2.75, 3.05) is 7.11 Å². The highest BCUT2D eigenvalue weighted by atomic mass is 79.9. The van der Waals surface area contributed by atoms with Crippen LogP contribution < -0.4 is 5.73 Å². The Morgan fingerprint density at radius 1 is 1.59 bits per heavy atom. The Morgan fingerprint density at radius 3 is 2.94 bits per heavy atom. The number of methoxy groups -OCH3 is 1. The second-order valence-corrected chi connectivity index (χ2v) is 5.60. The molecule has 2 unspecified atom stereocenters. The highest BCUT2D eigenvalue weighted by Crippen LogP contribution is 2.39. The van der Waals surface area contributed by atoms with Gasteiger partial charge in [0.05, 0.1) is 7.11 Å². The number of hydrogen-bond acceptors (Lipinski definition) is 3. The SMILES string of the molecule is COC(=O)C1(N)Cc2cccc(Br)c2C(C)C1. The van der Waals surface area contributed by atoms with Gasteiger partial charge < -0.3 is 10.5 Å². The quantitative estimate of drug-likeness (QED) is 0.810. The third kappa shape index (κ3) is 2.11. The van der Waals surface area contributed by atoms with Crippen molar-refractivity contribution in [3.63, 3.8) is 0 Å². The van der Waals surface area contributed by atoms with E-state index in [1.807, 2.05) is 18.2 Å². The third-order valence-electron chi connectivity index (χ3n) is 3.40. The first-order chi connectivity index (χ1) is 7.98. The average Bonchev–Trinajstić information content (AvgIpc) is 2.27. The maximum Gasteiger partial charge on any atom is 0.326 e. The van der Waals surface area contributed by atoms with Gasteiger partial charge >= 0.3 is 5.97 Å². The van der Waals surface area contributed by atoms with Gasteiger partial charge in [-0.25, -0.2) is 0 Å². The number of carbonyl (C=O) groups is 1. The van der Waals surface area contributed by atoms with Crippen molar-refractivity contribution in [1.82, 2.24) is 0 Å². The van der Waals surface area contributed by atoms with Crippen LogP contribution in [0.1, 0.15) is 30.4 Å². The summed E-state index contributed by atoms with van der Waals surface area (Å²) < 4.78 is 5.90. The lowest BCUT2D eigenvalue weighted by molar-refractivity contribution is -0.147. The Labute approximate surface area is 109 Å². The highest BCUT2D eigenvalue weighted by Gasteiger charge is 2.41. The van der Waals surface area contributed by atoms with Gasteiger partial charge in [-0.3, -0.25) is 4.79 Å². The van der Waals surface area contributed by atoms with Crippen molar-refractivity contribution in [2.45, 2.75) is 31.2 Å². The third-order valence-corrected chi connectivity index (χ3v) is 4.10. The van der Waals surface area contributed by atoms with Crippen LogP contribution in [0, 0.1) is 0 Å². The van der Waals surface area contributed by atoms with Gasteiger partial charge in [-0.2, -0.15) is 0 Å². The van der Waals surface area contributed by atoms with E-state index in [-0.39, 0.29) is 11.9 Å². The van der Waals surface area contributed by atoms with Crippen molar-refractivity contribution >= 4 is 21.9 Å². The predicted octanol–water partition coefficient (Wildman–Crippen LogP) is 2.37. The number of fused-ring (bicyclic) bond motifs is 1. The molecule has 0 heterocycles. The zero-order valence-corrected chi connectivity index (χ0v) is 11.6. The summed E-state index contributed by atoms with van der Waals surface area (Å²) in [5.74, 6) is -0.0756. The lowest BCUT2D eigenvalue weighted by Gasteiger charge is -2.36. The van der Waals surface area contributed by atoms with Crippen LogP contribution in [0.3, 0.4) is 0 Å². The van der Waals surface area contributed by atoms with Crippen molar-refractivity contribution in [3.8, 4) is 0 Å². The lowest BCUT2D eigenvalue weighted by Crippen LogP contribution is -2.53. The number of esters is 1. The summed E-state index contributed by atoms with van der Waals surface area (Å²) in [5.41, 5.74) is 7.68. The first-order valence-corrected chi connectivity index (χ1v) is 6.42. The number of benzene rings is 1. The molecule has 0 saturated heterocycles. The summed E-state index contributed by atoms with van der Waals surface area (Å²) in [4.78, 5) is 11.8. The molecule has 2 N–H and O–H groups in total. The van der Waals surface area contributed by atoms with Crippen molar-refractivity contribution < 1.29 is 9.53 Å². The second kappa shape index (κ2) is 4.42. The molecule has 17 heavy (non-hydrogen) atoms. The molecule has 0 saturated carbocycles. The second-order valence-electron chi connectivity index (χ2n) is 4.74. The standard InChI is InChI=1S/C13H16BrNO2/c1-8-6-13(15,12(16)17-2)7-9-4-3-5-10(14)11(8)9/h3-5,8H,6-7,15H2,1-2H3. The molecule has 0 amide bonds. The number of ether oxygens (including phenoxy) is 1. The predicted molar refractivity (Wildman–Crippen MR) is 69.8 cm³/mol. The smallest absolute Gasteiger partial charge is 0.326 e. The molecule has 0 bridgehead atoms. The molecule has 2 rings (SSSR count). The molecule has 2 atom stereocenters. The maximum absolute atomic E-state index is 11.8. The Kier molecular flexibility index (Phi) is 3.27. The molecule has 1 aliphatic rings. The number of hydrogen-bond donors (Lipinski definition) is 1. The molecule has 0 aliphatic heterocycles. The lowest BCUT2D eigenvalue weighted by atomic mass is 9.73. The van der Waals surface area contributed by atoms with Crippen LogP contribution in [0.25, 0.3) is 0 Å². The minimum absolute atomic E-state index is 0.249. The van der Waals surface area contributed by atoms with Gasteiger partial charge in [0.1, 0.15) is 5.54 Å². The van der Waals surface area contributed by atoms with E-state index >= 15 is 0 Å². The molecule has 4 heteroatoms. The largest absolute Gasteiger partial charge is 0.468 e. The normalized spacial score (nSPS) is 27.4. The minimum Gasteiger partial charge on any atom is -0.468 e. The van der Waals surface area contributed by atoms with Gasteiger partial charge in [0, 0.05) is 10.9 Å². The van der Waals surface area contributed by atoms with E-state index in [1.165, 1.54) is 12.7 Å². The van der Waals surface area contributed by atoms with Gasteiger partial charge in [-0.05, 0) is 29.5 Å². The summed E-state index contributed by atoms with van der Waals surface area (Å²) in [6, 6.07) is 6.02. The average molecular weight is 298 g/mol. The minimum atomic E-state index is -0.887. The zero-order chi connectivity index (χ0) is 12.6. The molecule has 0 spiro atoms. The fraction of sp³-hybridized carbons (Fsp3) is 0.462. The van der Waals surface area contributed by atoms with Gasteiger partial charge in [-0.15, -0.1) is 0 Å². The van der Waals surface area contributed by atoms with Crippen LogP contribution in [-0.4, -0.2) is 18.6 Å². The number of carbonyl (C=O) groups excluding carboxylic acids is 1. The number of rotatable bonds is 1. The fourth-order valence-electron chi connectivity index (χ4n) is 2.71. The summed E-state index contributed by atoms with van der Waals surface area (Å²) in [5, 5.41) is 0. The van der Waals surface area contributed by atoms with Gasteiger partial charge in [0.2, 0.25) is 0 Å². The molecule has 0 radical (unpaired) electrons. The van der Waals surface area contributed by atoms with Crippen LogP contribution >= 0.6 is 15.9 Å². The summed E-state index contributed by atoms with van der Waals surface area (Å²) in [6.45, 7) is 2.09. The molecule has 1 aliphatic carbocycles. The molecular formula is C13H16BrNO2. The van der Waals surface area contributed by atoms with Crippen molar-refractivity contribution in [1.29, 1.82) is 0 Å². The van der Waals surface area contributed by atoms with Crippen LogP contribution in [-0.2, 0) is 16.0 Å². The van der Waals surface area contributed by atoms with E-state index < -0.39 is 5.54 Å².